The van der Waals surface area contributed by atoms with Crippen LogP contribution in [0.5, 0.6) is 5.75 Å². The molecule has 1 unspecified atom stereocenters. The Labute approximate surface area is 120 Å². The Hall–Kier alpha value is -1.87. The van der Waals surface area contributed by atoms with Gasteiger partial charge in [-0.05, 0) is 22.6 Å². The summed E-state index contributed by atoms with van der Waals surface area (Å²) in [6.07, 6.45) is 2.56. The van der Waals surface area contributed by atoms with Gasteiger partial charge < -0.3 is 9.84 Å². The minimum atomic E-state index is -0.707. The Bertz CT molecular complexity index is 570. The van der Waals surface area contributed by atoms with E-state index in [0.29, 0.717) is 5.75 Å². The molecule has 0 saturated heterocycles. The first-order valence-corrected chi connectivity index (χ1v) is 6.70. The van der Waals surface area contributed by atoms with Gasteiger partial charge in [0.15, 0.2) is 0 Å². The summed E-state index contributed by atoms with van der Waals surface area (Å²) in [5, 5.41) is 10.5. The molecular formula is C17H21NO2. The van der Waals surface area contributed by atoms with Crippen molar-refractivity contribution in [2.24, 2.45) is 0 Å². The molecule has 1 heterocycles. The van der Waals surface area contributed by atoms with Crippen LogP contribution >= 0.6 is 0 Å². The molecule has 0 aliphatic carbocycles. The molecule has 1 atom stereocenters. The Kier molecular flexibility index (Phi) is 4.09. The van der Waals surface area contributed by atoms with Crippen LogP contribution < -0.4 is 4.74 Å². The number of methoxy groups -OCH3 is 1. The molecule has 0 aliphatic rings. The maximum atomic E-state index is 10.5. The smallest absolute Gasteiger partial charge is 0.143 e. The van der Waals surface area contributed by atoms with Crippen LogP contribution in [0.2, 0.25) is 0 Å². The molecule has 106 valence electrons. The van der Waals surface area contributed by atoms with Crippen molar-refractivity contribution in [1.29, 1.82) is 0 Å². The number of aliphatic hydroxyl groups excluding tert-OH is 1. The van der Waals surface area contributed by atoms with Crippen molar-refractivity contribution < 1.29 is 9.84 Å². The third kappa shape index (κ3) is 2.99. The maximum Gasteiger partial charge on any atom is 0.143 e. The number of ether oxygens (including phenoxy) is 1. The summed E-state index contributed by atoms with van der Waals surface area (Å²) in [5.74, 6) is 0.597. The van der Waals surface area contributed by atoms with Crippen LogP contribution in [0.15, 0.2) is 42.7 Å². The molecule has 1 aromatic carbocycles. The number of rotatable bonds is 3. The predicted octanol–water partition coefficient (Wildman–Crippen LogP) is 3.47. The third-order valence-corrected chi connectivity index (χ3v) is 3.42. The summed E-state index contributed by atoms with van der Waals surface area (Å²) in [7, 11) is 1.58. The fourth-order valence-electron chi connectivity index (χ4n) is 2.13. The summed E-state index contributed by atoms with van der Waals surface area (Å²) < 4.78 is 5.24. The molecule has 1 N–H and O–H groups in total. The minimum Gasteiger partial charge on any atom is -0.495 e. The number of hydrogen-bond acceptors (Lipinski definition) is 3. The van der Waals surface area contributed by atoms with E-state index in [0.717, 1.165) is 11.1 Å². The van der Waals surface area contributed by atoms with Crippen LogP contribution in [-0.2, 0) is 5.41 Å². The number of nitrogens with zero attached hydrogens (tertiary/aromatic N) is 1. The van der Waals surface area contributed by atoms with Crippen LogP contribution in [0.4, 0.5) is 0 Å². The highest BCUT2D eigenvalue weighted by atomic mass is 16.5. The molecule has 0 saturated carbocycles. The van der Waals surface area contributed by atoms with E-state index >= 15 is 0 Å². The summed E-state index contributed by atoms with van der Waals surface area (Å²) in [5.41, 5.74) is 2.93. The Balaban J connectivity index is 2.32. The summed E-state index contributed by atoms with van der Waals surface area (Å²) in [4.78, 5) is 4.00. The van der Waals surface area contributed by atoms with E-state index in [2.05, 4.69) is 37.9 Å². The van der Waals surface area contributed by atoms with Crippen molar-refractivity contribution in [3.8, 4) is 5.75 Å². The zero-order valence-electron chi connectivity index (χ0n) is 12.4. The zero-order valence-corrected chi connectivity index (χ0v) is 12.4. The lowest BCUT2D eigenvalue weighted by Gasteiger charge is -2.20. The van der Waals surface area contributed by atoms with Crippen molar-refractivity contribution in [2.75, 3.05) is 7.11 Å². The molecule has 20 heavy (non-hydrogen) atoms. The molecule has 3 nitrogen and oxygen atoms in total. The lowest BCUT2D eigenvalue weighted by atomic mass is 9.86. The first-order valence-electron chi connectivity index (χ1n) is 6.70. The second-order valence-corrected chi connectivity index (χ2v) is 5.89. The van der Waals surface area contributed by atoms with Gasteiger partial charge in [0.2, 0.25) is 0 Å². The summed E-state index contributed by atoms with van der Waals surface area (Å²) >= 11 is 0. The molecule has 0 amide bonds. The van der Waals surface area contributed by atoms with E-state index in [1.165, 1.54) is 5.56 Å². The highest BCUT2D eigenvalue weighted by Crippen LogP contribution is 2.30. The summed E-state index contributed by atoms with van der Waals surface area (Å²) in [6, 6.07) is 9.83. The first-order chi connectivity index (χ1) is 9.43. The van der Waals surface area contributed by atoms with Crippen molar-refractivity contribution in [2.45, 2.75) is 32.3 Å². The summed E-state index contributed by atoms with van der Waals surface area (Å²) in [6.45, 7) is 6.51. The Morgan fingerprint density at radius 1 is 1.10 bits per heavy atom. The van der Waals surface area contributed by atoms with Crippen molar-refractivity contribution >= 4 is 0 Å². The molecule has 0 fully saturated rings. The lowest BCUT2D eigenvalue weighted by Crippen LogP contribution is -2.11. The van der Waals surface area contributed by atoms with E-state index in [1.54, 1.807) is 25.6 Å². The fraction of sp³-hybridized carbons (Fsp3) is 0.353. The van der Waals surface area contributed by atoms with Gasteiger partial charge in [-0.3, -0.25) is 4.98 Å². The molecule has 0 bridgehead atoms. The molecule has 0 aliphatic heterocycles. The first kappa shape index (κ1) is 14.5. The largest absolute Gasteiger partial charge is 0.495 e. The number of pyridine rings is 1. The average molecular weight is 271 g/mol. The van der Waals surface area contributed by atoms with E-state index in [1.807, 2.05) is 12.1 Å². The van der Waals surface area contributed by atoms with Gasteiger partial charge in [-0.25, -0.2) is 0 Å². The standard InChI is InChI=1S/C17H21NO2/c1-17(2,3)13-7-5-12(6-8-13)16(19)14-9-10-18-11-15(14)20-4/h5-11,16,19H,1-4H3. The molecular weight excluding hydrogens is 250 g/mol. The van der Waals surface area contributed by atoms with Gasteiger partial charge in [-0.15, -0.1) is 0 Å². The second kappa shape index (κ2) is 5.63. The average Bonchev–Trinajstić information content (AvgIpc) is 2.45. The van der Waals surface area contributed by atoms with Crippen LogP contribution in [0, 0.1) is 0 Å². The molecule has 2 aromatic rings. The molecule has 1 aromatic heterocycles. The van der Waals surface area contributed by atoms with Gasteiger partial charge in [-0.2, -0.15) is 0 Å². The zero-order chi connectivity index (χ0) is 14.8. The third-order valence-electron chi connectivity index (χ3n) is 3.42. The Morgan fingerprint density at radius 2 is 1.75 bits per heavy atom. The van der Waals surface area contributed by atoms with Crippen molar-refractivity contribution in [3.05, 3.63) is 59.4 Å². The van der Waals surface area contributed by atoms with Crippen molar-refractivity contribution in [1.82, 2.24) is 4.98 Å². The van der Waals surface area contributed by atoms with E-state index in [9.17, 15) is 5.11 Å². The number of aliphatic hydroxyl groups is 1. The molecule has 2 rings (SSSR count). The van der Waals surface area contributed by atoms with E-state index < -0.39 is 6.10 Å². The van der Waals surface area contributed by atoms with Crippen LogP contribution in [-0.4, -0.2) is 17.2 Å². The predicted molar refractivity (Wildman–Crippen MR) is 80.0 cm³/mol. The molecule has 3 heteroatoms. The van der Waals surface area contributed by atoms with Crippen molar-refractivity contribution in [3.63, 3.8) is 0 Å². The normalized spacial score (nSPS) is 13.1. The molecule has 0 spiro atoms. The second-order valence-electron chi connectivity index (χ2n) is 5.89. The van der Waals surface area contributed by atoms with Gasteiger partial charge >= 0.3 is 0 Å². The fourth-order valence-corrected chi connectivity index (χ4v) is 2.13. The van der Waals surface area contributed by atoms with Gasteiger partial charge in [-0.1, -0.05) is 45.0 Å². The minimum absolute atomic E-state index is 0.109. The maximum absolute atomic E-state index is 10.5. The highest BCUT2D eigenvalue weighted by molar-refractivity contribution is 5.39. The van der Waals surface area contributed by atoms with Gasteiger partial charge in [0.05, 0.1) is 13.3 Å². The Morgan fingerprint density at radius 3 is 2.30 bits per heavy atom. The topological polar surface area (TPSA) is 42.4 Å². The number of aromatic nitrogens is 1. The number of benzene rings is 1. The number of hydrogen-bond donors (Lipinski definition) is 1. The SMILES string of the molecule is COc1cnccc1C(O)c1ccc(C(C)(C)C)cc1. The van der Waals surface area contributed by atoms with Gasteiger partial charge in [0.1, 0.15) is 11.9 Å². The van der Waals surface area contributed by atoms with Gasteiger partial charge in [0, 0.05) is 11.8 Å². The van der Waals surface area contributed by atoms with Crippen LogP contribution in [0.25, 0.3) is 0 Å². The monoisotopic (exact) mass is 271 g/mol. The van der Waals surface area contributed by atoms with Crippen LogP contribution in [0.3, 0.4) is 0 Å². The van der Waals surface area contributed by atoms with Crippen LogP contribution in [0.1, 0.15) is 43.6 Å². The molecule has 0 radical (unpaired) electrons. The van der Waals surface area contributed by atoms with E-state index in [-0.39, 0.29) is 5.41 Å². The highest BCUT2D eigenvalue weighted by Gasteiger charge is 2.17. The van der Waals surface area contributed by atoms with Gasteiger partial charge in [0.25, 0.3) is 0 Å². The lowest BCUT2D eigenvalue weighted by molar-refractivity contribution is 0.214. The quantitative estimate of drug-likeness (QED) is 0.929. The van der Waals surface area contributed by atoms with E-state index in [4.69, 9.17) is 4.74 Å².